The third-order valence-electron chi connectivity index (χ3n) is 4.24. The molecule has 3 aromatic carbocycles. The van der Waals surface area contributed by atoms with Crippen molar-refractivity contribution in [3.63, 3.8) is 0 Å². The minimum Gasteiger partial charge on any atom is -0.493 e. The lowest BCUT2D eigenvalue weighted by Crippen LogP contribution is -2.04. The summed E-state index contributed by atoms with van der Waals surface area (Å²) in [5.41, 5.74) is 2.98. The van der Waals surface area contributed by atoms with Crippen LogP contribution in [0.15, 0.2) is 72.8 Å². The second-order valence-electron chi connectivity index (χ2n) is 6.26. The van der Waals surface area contributed by atoms with E-state index in [0.29, 0.717) is 16.9 Å². The van der Waals surface area contributed by atoms with Crippen LogP contribution in [0.3, 0.4) is 0 Å². The molecule has 3 aromatic rings. The van der Waals surface area contributed by atoms with E-state index in [9.17, 15) is 13.6 Å². The summed E-state index contributed by atoms with van der Waals surface area (Å²) in [6, 6.07) is 20.5. The average molecular weight is 421 g/mol. The molecule has 0 aliphatic carbocycles. The van der Waals surface area contributed by atoms with Crippen LogP contribution in [-0.4, -0.2) is 19.7 Å². The van der Waals surface area contributed by atoms with Gasteiger partial charge in [0.2, 0.25) is 0 Å². The molecule has 0 fully saturated rings. The molecule has 0 N–H and O–H groups in total. The van der Waals surface area contributed by atoms with E-state index in [-0.39, 0.29) is 11.5 Å². The van der Waals surface area contributed by atoms with Crippen molar-refractivity contribution in [1.29, 1.82) is 5.26 Å². The van der Waals surface area contributed by atoms with Gasteiger partial charge in [-0.2, -0.15) is 14.0 Å². The Morgan fingerprint density at radius 3 is 2.19 bits per heavy atom. The maximum Gasteiger partial charge on any atom is 0.387 e. The number of carbonyl (C=O) groups excluding carboxylic acids is 1. The molecule has 156 valence electrons. The lowest BCUT2D eigenvalue weighted by molar-refractivity contribution is -0.128. The van der Waals surface area contributed by atoms with Crippen LogP contribution in [0.4, 0.5) is 8.78 Å². The van der Waals surface area contributed by atoms with E-state index < -0.39 is 12.6 Å². The predicted molar refractivity (Wildman–Crippen MR) is 111 cm³/mol. The molecular weight excluding hydrogens is 404 g/mol. The molecule has 0 amide bonds. The number of esters is 1. The Morgan fingerprint density at radius 1 is 0.968 bits per heavy atom. The van der Waals surface area contributed by atoms with E-state index in [1.54, 1.807) is 36.4 Å². The summed E-state index contributed by atoms with van der Waals surface area (Å²) in [6.07, 6.45) is 2.69. The van der Waals surface area contributed by atoms with Gasteiger partial charge in [-0.25, -0.2) is 4.79 Å². The topological polar surface area (TPSA) is 68.5 Å². The van der Waals surface area contributed by atoms with Crippen LogP contribution in [0, 0.1) is 11.3 Å². The maximum absolute atomic E-state index is 12.4. The lowest BCUT2D eigenvalue weighted by atomic mass is 10.0. The van der Waals surface area contributed by atoms with Crippen LogP contribution in [0.2, 0.25) is 0 Å². The number of nitrogens with zero attached hydrogens (tertiary/aromatic N) is 1. The Labute approximate surface area is 177 Å². The molecule has 5 nitrogen and oxygen atoms in total. The molecule has 0 atom stereocenters. The first kappa shape index (κ1) is 21.5. The number of methoxy groups -OCH3 is 1. The molecule has 0 unspecified atom stereocenters. The molecular formula is C24H17F2NO4. The zero-order valence-corrected chi connectivity index (χ0v) is 16.4. The van der Waals surface area contributed by atoms with Gasteiger partial charge < -0.3 is 14.2 Å². The number of alkyl halides is 2. The molecule has 0 heterocycles. The molecule has 0 saturated carbocycles. The highest BCUT2D eigenvalue weighted by Crippen LogP contribution is 2.30. The molecule has 31 heavy (non-hydrogen) atoms. The number of rotatable bonds is 7. The van der Waals surface area contributed by atoms with E-state index in [1.807, 2.05) is 12.1 Å². The zero-order valence-electron chi connectivity index (χ0n) is 16.4. The Bertz CT molecular complexity index is 1120. The highest BCUT2D eigenvalue weighted by Gasteiger charge is 2.10. The Kier molecular flexibility index (Phi) is 6.97. The first-order valence-corrected chi connectivity index (χ1v) is 9.12. The first-order chi connectivity index (χ1) is 15.0. The number of hydrogen-bond donors (Lipinski definition) is 0. The van der Waals surface area contributed by atoms with Gasteiger partial charge in [-0.3, -0.25) is 0 Å². The lowest BCUT2D eigenvalue weighted by Gasteiger charge is -2.10. The normalized spacial score (nSPS) is 10.7. The van der Waals surface area contributed by atoms with Crippen molar-refractivity contribution < 1.29 is 27.8 Å². The van der Waals surface area contributed by atoms with Crippen LogP contribution < -0.4 is 14.2 Å². The van der Waals surface area contributed by atoms with Crippen LogP contribution in [0.5, 0.6) is 17.2 Å². The molecule has 0 radical (unpaired) electrons. The third kappa shape index (κ3) is 5.90. The fourth-order valence-electron chi connectivity index (χ4n) is 2.75. The minimum atomic E-state index is -2.96. The standard InChI is InChI=1S/C24H17F2NO4/c1-29-22-14-16(4-12-21(22)31-24(25)26)5-13-23(28)30-20-10-8-19(9-11-20)18-6-2-17(15-27)3-7-18/h2-14,24H,1H3. The van der Waals surface area contributed by atoms with Gasteiger partial charge in [-0.15, -0.1) is 0 Å². The SMILES string of the molecule is COc1cc(C=CC(=O)Oc2ccc(-c3ccc(C#N)cc3)cc2)ccc1OC(F)F. The van der Waals surface area contributed by atoms with Crippen LogP contribution in [0.25, 0.3) is 17.2 Å². The van der Waals surface area contributed by atoms with Gasteiger partial charge in [0.05, 0.1) is 18.7 Å². The van der Waals surface area contributed by atoms with Crippen LogP contribution >= 0.6 is 0 Å². The van der Waals surface area contributed by atoms with Crippen molar-refractivity contribution in [3.05, 3.63) is 83.9 Å². The summed E-state index contributed by atoms with van der Waals surface area (Å²) >= 11 is 0. The quantitative estimate of drug-likeness (QED) is 0.288. The fourth-order valence-corrected chi connectivity index (χ4v) is 2.75. The fraction of sp³-hybridized carbons (Fsp3) is 0.0833. The molecule has 3 rings (SSSR count). The predicted octanol–water partition coefficient (Wildman–Crippen LogP) is 5.45. The second kappa shape index (κ2) is 10.0. The first-order valence-electron chi connectivity index (χ1n) is 9.12. The van der Waals surface area contributed by atoms with E-state index in [1.165, 1.54) is 37.5 Å². The number of benzene rings is 3. The summed E-state index contributed by atoms with van der Waals surface area (Å²) in [5.74, 6) is -0.211. The Hall–Kier alpha value is -4.18. The van der Waals surface area contributed by atoms with Crippen molar-refractivity contribution in [2.45, 2.75) is 6.61 Å². The number of ether oxygens (including phenoxy) is 3. The minimum absolute atomic E-state index is 0.0976. The molecule has 7 heteroatoms. The van der Waals surface area contributed by atoms with Crippen LogP contribution in [0.1, 0.15) is 11.1 Å². The molecule has 0 aliphatic heterocycles. The van der Waals surface area contributed by atoms with E-state index in [4.69, 9.17) is 14.7 Å². The summed E-state index contributed by atoms with van der Waals surface area (Å²) in [4.78, 5) is 12.1. The smallest absolute Gasteiger partial charge is 0.387 e. The van der Waals surface area contributed by atoms with Crippen molar-refractivity contribution in [3.8, 4) is 34.4 Å². The second-order valence-corrected chi connectivity index (χ2v) is 6.26. The van der Waals surface area contributed by atoms with Crippen molar-refractivity contribution >= 4 is 12.0 Å². The average Bonchev–Trinajstić information content (AvgIpc) is 2.78. The summed E-state index contributed by atoms with van der Waals surface area (Å²) < 4.78 is 39.4. The zero-order chi connectivity index (χ0) is 22.2. The van der Waals surface area contributed by atoms with Crippen LogP contribution in [-0.2, 0) is 4.79 Å². The van der Waals surface area contributed by atoms with E-state index in [0.717, 1.165) is 11.1 Å². The van der Waals surface area contributed by atoms with Gasteiger partial charge in [0, 0.05) is 6.08 Å². The Balaban J connectivity index is 1.63. The van der Waals surface area contributed by atoms with Crippen molar-refractivity contribution in [2.24, 2.45) is 0 Å². The summed E-state index contributed by atoms with van der Waals surface area (Å²) in [6.45, 7) is -2.96. The molecule has 0 spiro atoms. The number of carbonyl (C=O) groups is 1. The Morgan fingerprint density at radius 2 is 1.61 bits per heavy atom. The van der Waals surface area contributed by atoms with Gasteiger partial charge in [0.1, 0.15) is 5.75 Å². The van der Waals surface area contributed by atoms with Crippen molar-refractivity contribution in [2.75, 3.05) is 7.11 Å². The van der Waals surface area contributed by atoms with E-state index >= 15 is 0 Å². The molecule has 0 aliphatic rings. The largest absolute Gasteiger partial charge is 0.493 e. The van der Waals surface area contributed by atoms with E-state index in [2.05, 4.69) is 10.8 Å². The summed E-state index contributed by atoms with van der Waals surface area (Å²) in [5, 5.41) is 8.86. The monoisotopic (exact) mass is 421 g/mol. The molecule has 0 bridgehead atoms. The summed E-state index contributed by atoms with van der Waals surface area (Å²) in [7, 11) is 1.33. The maximum atomic E-state index is 12.4. The van der Waals surface area contributed by atoms with Gasteiger partial charge in [-0.1, -0.05) is 30.3 Å². The van der Waals surface area contributed by atoms with Gasteiger partial charge >= 0.3 is 12.6 Å². The molecule has 0 saturated heterocycles. The van der Waals surface area contributed by atoms with Gasteiger partial charge in [0.15, 0.2) is 11.5 Å². The highest BCUT2D eigenvalue weighted by atomic mass is 19.3. The number of hydrogen-bond acceptors (Lipinski definition) is 5. The van der Waals surface area contributed by atoms with Crippen molar-refractivity contribution in [1.82, 2.24) is 0 Å². The molecule has 0 aromatic heterocycles. The van der Waals surface area contributed by atoms with Gasteiger partial charge in [-0.05, 0) is 59.2 Å². The van der Waals surface area contributed by atoms with Gasteiger partial charge in [0.25, 0.3) is 0 Å². The third-order valence-corrected chi connectivity index (χ3v) is 4.24. The highest BCUT2D eigenvalue weighted by molar-refractivity contribution is 5.89. The number of halogens is 2. The number of nitriles is 1.